The van der Waals surface area contributed by atoms with Crippen molar-refractivity contribution >= 4 is 17.5 Å². The molecule has 0 saturated heterocycles. The number of aliphatic hydroxyl groups is 2. The van der Waals surface area contributed by atoms with Crippen LogP contribution in [0.15, 0.2) is 23.3 Å². The molecule has 0 aromatic rings. The van der Waals surface area contributed by atoms with Crippen LogP contribution >= 0.6 is 0 Å². The van der Waals surface area contributed by atoms with E-state index in [1.165, 1.54) is 0 Å². The number of carbonyl (C=O) groups excluding carboxylic acids is 3. The second-order valence-corrected chi connectivity index (χ2v) is 16.0. The second-order valence-electron chi connectivity index (χ2n) is 16.0. The summed E-state index contributed by atoms with van der Waals surface area (Å²) in [5.74, 6) is -1.06. The zero-order valence-corrected chi connectivity index (χ0v) is 26.1. The third-order valence-electron chi connectivity index (χ3n) is 13.4. The standard InChI is InChI=1S/C34H48N2O5/c1-20(37)19-36-27(40)30(5)12-11-29(4)13-14-33(8)32(7)10-9-22-28(2,3)26(39)21(18-35)16-31(22,6)23(32)15-25(38)34(33,41)24(29)17-30/h15-16,20,22,24,37,41H,9-14,17,19H2,1-8H3,(H,36,40)/t20?,22-,24+,29+,30-,31-,32+,33-,34+/m0/s1. The monoisotopic (exact) mass is 564 g/mol. The summed E-state index contributed by atoms with van der Waals surface area (Å²) in [6.07, 6.45) is 7.63. The van der Waals surface area contributed by atoms with E-state index in [1.807, 2.05) is 26.8 Å². The van der Waals surface area contributed by atoms with Crippen LogP contribution in [0.3, 0.4) is 0 Å². The summed E-state index contributed by atoms with van der Waals surface area (Å²) < 4.78 is 0. The summed E-state index contributed by atoms with van der Waals surface area (Å²) in [7, 11) is 0. The molecule has 5 aliphatic rings. The predicted molar refractivity (Wildman–Crippen MR) is 155 cm³/mol. The molecule has 1 amide bonds. The highest BCUT2D eigenvalue weighted by molar-refractivity contribution is 6.05. The Morgan fingerprint density at radius 1 is 1.05 bits per heavy atom. The van der Waals surface area contributed by atoms with Crippen molar-refractivity contribution in [1.29, 1.82) is 5.26 Å². The van der Waals surface area contributed by atoms with Gasteiger partial charge in [-0.15, -0.1) is 0 Å². The van der Waals surface area contributed by atoms with Crippen molar-refractivity contribution < 1.29 is 24.6 Å². The van der Waals surface area contributed by atoms with Crippen LogP contribution in [-0.4, -0.2) is 45.9 Å². The lowest BCUT2D eigenvalue weighted by Gasteiger charge is -2.71. The number of hydrogen-bond acceptors (Lipinski definition) is 6. The molecule has 7 nitrogen and oxygen atoms in total. The van der Waals surface area contributed by atoms with Crippen molar-refractivity contribution in [3.05, 3.63) is 23.3 Å². The Morgan fingerprint density at radius 2 is 1.68 bits per heavy atom. The highest BCUT2D eigenvalue weighted by Gasteiger charge is 2.75. The van der Waals surface area contributed by atoms with Crippen molar-refractivity contribution in [2.75, 3.05) is 6.54 Å². The van der Waals surface area contributed by atoms with E-state index in [0.29, 0.717) is 19.3 Å². The zero-order chi connectivity index (χ0) is 30.6. The lowest BCUT2D eigenvalue weighted by Crippen LogP contribution is -2.74. The van der Waals surface area contributed by atoms with Crippen LogP contribution in [0.2, 0.25) is 0 Å². The first-order valence-electron chi connectivity index (χ1n) is 15.4. The summed E-state index contributed by atoms with van der Waals surface area (Å²) in [5.41, 5.74) is -4.37. The molecule has 3 saturated carbocycles. The van der Waals surface area contributed by atoms with Crippen LogP contribution in [0.5, 0.6) is 0 Å². The molecule has 0 spiro atoms. The molecule has 0 radical (unpaired) electrons. The third kappa shape index (κ3) is 3.65. The Hall–Kier alpha value is -2.30. The van der Waals surface area contributed by atoms with Crippen LogP contribution in [0.25, 0.3) is 0 Å². The summed E-state index contributed by atoms with van der Waals surface area (Å²) >= 11 is 0. The molecule has 3 fully saturated rings. The van der Waals surface area contributed by atoms with E-state index in [9.17, 15) is 29.9 Å². The summed E-state index contributed by atoms with van der Waals surface area (Å²) in [4.78, 5) is 41.2. The largest absolute Gasteiger partial charge is 0.392 e. The molecule has 41 heavy (non-hydrogen) atoms. The maximum atomic E-state index is 14.5. The van der Waals surface area contributed by atoms with Crippen LogP contribution in [0.1, 0.15) is 100 Å². The Kier molecular flexibility index (Phi) is 6.52. The van der Waals surface area contributed by atoms with Gasteiger partial charge in [0.1, 0.15) is 11.7 Å². The SMILES string of the molecule is CC(O)CNC(=O)[C@@]1(C)CC[C@]2(C)CC[C@@]3(C)[C@]4(C)CC[C@H]5C(C)(C)C(=O)C(C#N)=C[C@]5(C)C4=CC(=O)[C@]3(O)[C@@H]2C1. The van der Waals surface area contributed by atoms with E-state index in [1.54, 1.807) is 13.0 Å². The first kappa shape index (κ1) is 30.2. The van der Waals surface area contributed by atoms with E-state index in [-0.39, 0.29) is 40.9 Å². The summed E-state index contributed by atoms with van der Waals surface area (Å²) in [6.45, 7) is 16.1. The Labute approximate surface area is 244 Å². The number of allylic oxidation sites excluding steroid dienone is 3. The average Bonchev–Trinajstić information content (AvgIpc) is 2.89. The van der Waals surface area contributed by atoms with Crippen LogP contribution < -0.4 is 5.32 Å². The molecule has 0 aliphatic heterocycles. The van der Waals surface area contributed by atoms with Gasteiger partial charge in [0.25, 0.3) is 0 Å². The molecule has 7 heteroatoms. The molecule has 224 valence electrons. The molecule has 1 unspecified atom stereocenters. The van der Waals surface area contributed by atoms with E-state index < -0.39 is 44.7 Å². The fraction of sp³-hybridized carbons (Fsp3) is 0.765. The fourth-order valence-electron chi connectivity index (χ4n) is 10.4. The van der Waals surface area contributed by atoms with Crippen molar-refractivity contribution in [2.45, 2.75) is 112 Å². The number of nitriles is 1. The number of aliphatic hydroxyl groups excluding tert-OH is 1. The van der Waals surface area contributed by atoms with Crippen LogP contribution in [-0.2, 0) is 14.4 Å². The molecule has 9 atom stereocenters. The van der Waals surface area contributed by atoms with E-state index in [2.05, 4.69) is 39.1 Å². The number of amides is 1. The lowest BCUT2D eigenvalue weighted by molar-refractivity contribution is -0.242. The predicted octanol–water partition coefficient (Wildman–Crippen LogP) is 4.82. The van der Waals surface area contributed by atoms with Gasteiger partial charge in [0.15, 0.2) is 11.6 Å². The van der Waals surface area contributed by atoms with Gasteiger partial charge in [-0.2, -0.15) is 5.26 Å². The quantitative estimate of drug-likeness (QED) is 0.451. The first-order chi connectivity index (χ1) is 18.8. The van der Waals surface area contributed by atoms with E-state index >= 15 is 0 Å². The van der Waals surface area contributed by atoms with Gasteiger partial charge in [-0.1, -0.05) is 54.5 Å². The van der Waals surface area contributed by atoms with Crippen molar-refractivity contribution in [3.8, 4) is 6.07 Å². The molecular formula is C34H48N2O5. The number of nitrogens with zero attached hydrogens (tertiary/aromatic N) is 1. The topological polar surface area (TPSA) is 127 Å². The highest BCUT2D eigenvalue weighted by Crippen LogP contribution is 2.75. The average molecular weight is 565 g/mol. The minimum Gasteiger partial charge on any atom is -0.392 e. The molecule has 5 rings (SSSR count). The maximum absolute atomic E-state index is 14.5. The number of ketones is 2. The number of Topliss-reactive ketones (excluding diaryl/α,β-unsaturated/α-hetero) is 1. The number of nitrogens with one attached hydrogen (secondary N) is 1. The normalized spacial score (nSPS) is 47.3. The molecular weight excluding hydrogens is 516 g/mol. The molecule has 0 bridgehead atoms. The smallest absolute Gasteiger partial charge is 0.226 e. The number of hydrogen-bond donors (Lipinski definition) is 3. The number of rotatable bonds is 3. The van der Waals surface area contributed by atoms with Gasteiger partial charge in [0.2, 0.25) is 5.91 Å². The number of fused-ring (bicyclic) bond motifs is 7. The van der Waals surface area contributed by atoms with Gasteiger partial charge in [-0.05, 0) is 80.3 Å². The van der Waals surface area contributed by atoms with Crippen LogP contribution in [0, 0.1) is 55.7 Å². The third-order valence-corrected chi connectivity index (χ3v) is 13.4. The summed E-state index contributed by atoms with van der Waals surface area (Å²) in [5, 5.41) is 35.5. The Balaban J connectivity index is 1.64. The van der Waals surface area contributed by atoms with E-state index in [0.717, 1.165) is 31.3 Å². The molecule has 3 N–H and O–H groups in total. The van der Waals surface area contributed by atoms with Gasteiger partial charge in [-0.25, -0.2) is 0 Å². The minimum atomic E-state index is -1.66. The Bertz CT molecular complexity index is 1320. The molecule has 0 heterocycles. The van der Waals surface area contributed by atoms with Gasteiger partial charge in [0.05, 0.1) is 11.7 Å². The minimum absolute atomic E-state index is 0.0639. The second kappa shape index (κ2) is 8.86. The van der Waals surface area contributed by atoms with E-state index in [4.69, 9.17) is 0 Å². The molecule has 0 aromatic carbocycles. The van der Waals surface area contributed by atoms with Crippen molar-refractivity contribution in [2.24, 2.45) is 44.3 Å². The van der Waals surface area contributed by atoms with Crippen molar-refractivity contribution in [3.63, 3.8) is 0 Å². The van der Waals surface area contributed by atoms with Gasteiger partial charge in [-0.3, -0.25) is 14.4 Å². The van der Waals surface area contributed by atoms with Crippen LogP contribution in [0.4, 0.5) is 0 Å². The maximum Gasteiger partial charge on any atom is 0.226 e. The van der Waals surface area contributed by atoms with Crippen molar-refractivity contribution in [1.82, 2.24) is 5.32 Å². The zero-order valence-electron chi connectivity index (χ0n) is 26.1. The van der Waals surface area contributed by atoms with Gasteiger partial charge < -0.3 is 15.5 Å². The first-order valence-corrected chi connectivity index (χ1v) is 15.4. The number of carbonyl (C=O) groups is 3. The highest BCUT2D eigenvalue weighted by atomic mass is 16.3. The summed E-state index contributed by atoms with van der Waals surface area (Å²) in [6, 6.07) is 2.14. The Morgan fingerprint density at radius 3 is 2.29 bits per heavy atom. The van der Waals surface area contributed by atoms with Gasteiger partial charge >= 0.3 is 0 Å². The fourth-order valence-corrected chi connectivity index (χ4v) is 10.4. The molecule has 0 aromatic heterocycles. The molecule has 5 aliphatic carbocycles. The van der Waals surface area contributed by atoms with Gasteiger partial charge in [0, 0.05) is 34.1 Å². The lowest BCUT2D eigenvalue weighted by atomic mass is 9.33.